The van der Waals surface area contributed by atoms with E-state index in [1.54, 1.807) is 60.7 Å². The van der Waals surface area contributed by atoms with Crippen molar-refractivity contribution in [1.82, 2.24) is 9.78 Å². The first-order valence-corrected chi connectivity index (χ1v) is 9.71. The maximum absolute atomic E-state index is 13.9. The van der Waals surface area contributed by atoms with Crippen LogP contribution in [0.2, 0.25) is 0 Å². The Bertz CT molecular complexity index is 1270. The number of rotatable bonds is 6. The van der Waals surface area contributed by atoms with E-state index in [9.17, 15) is 14.0 Å². The molecular formula is C24H19FN4O3. The molecule has 0 aliphatic heterocycles. The van der Waals surface area contributed by atoms with Gasteiger partial charge in [-0.05, 0) is 54.6 Å². The molecule has 1 heterocycles. The number of methoxy groups -OCH3 is 1. The molecule has 160 valence electrons. The van der Waals surface area contributed by atoms with E-state index >= 15 is 0 Å². The van der Waals surface area contributed by atoms with Gasteiger partial charge in [-0.3, -0.25) is 9.59 Å². The van der Waals surface area contributed by atoms with E-state index in [-0.39, 0.29) is 17.3 Å². The summed E-state index contributed by atoms with van der Waals surface area (Å²) in [4.78, 5) is 25.0. The van der Waals surface area contributed by atoms with E-state index in [1.165, 1.54) is 30.1 Å². The van der Waals surface area contributed by atoms with Crippen LogP contribution in [0.1, 0.15) is 20.8 Å². The van der Waals surface area contributed by atoms with Crippen molar-refractivity contribution in [2.45, 2.75) is 0 Å². The van der Waals surface area contributed by atoms with Crippen LogP contribution in [0.15, 0.2) is 85.1 Å². The summed E-state index contributed by atoms with van der Waals surface area (Å²) >= 11 is 0. The van der Waals surface area contributed by atoms with Gasteiger partial charge in [-0.1, -0.05) is 24.3 Å². The van der Waals surface area contributed by atoms with Gasteiger partial charge in [-0.25, -0.2) is 9.07 Å². The van der Waals surface area contributed by atoms with E-state index in [4.69, 9.17) is 4.74 Å². The van der Waals surface area contributed by atoms with Crippen LogP contribution < -0.4 is 15.4 Å². The van der Waals surface area contributed by atoms with Crippen molar-refractivity contribution in [1.29, 1.82) is 0 Å². The molecule has 0 saturated heterocycles. The molecule has 0 atom stereocenters. The Morgan fingerprint density at radius 2 is 1.59 bits per heavy atom. The van der Waals surface area contributed by atoms with Crippen molar-refractivity contribution in [3.05, 3.63) is 102 Å². The second-order valence-electron chi connectivity index (χ2n) is 6.78. The standard InChI is InChI=1S/C24H19FN4O3/c1-32-22-9-5-3-7-19(22)27-23(30)16-10-12-17(13-11-16)26-24(31)20-14-15-29(28-20)21-8-4-2-6-18(21)25/h2-15H,1H3,(H,26,31)(H,27,30). The number of nitrogens with zero attached hydrogens (tertiary/aromatic N) is 2. The highest BCUT2D eigenvalue weighted by molar-refractivity contribution is 6.06. The van der Waals surface area contributed by atoms with Gasteiger partial charge in [0.2, 0.25) is 0 Å². The average molecular weight is 430 g/mol. The number of anilines is 2. The van der Waals surface area contributed by atoms with Crippen LogP contribution in [0.3, 0.4) is 0 Å². The molecular weight excluding hydrogens is 411 g/mol. The monoisotopic (exact) mass is 430 g/mol. The summed E-state index contributed by atoms with van der Waals surface area (Å²) in [6.07, 6.45) is 1.51. The minimum Gasteiger partial charge on any atom is -0.495 e. The van der Waals surface area contributed by atoms with Gasteiger partial charge in [-0.2, -0.15) is 5.10 Å². The van der Waals surface area contributed by atoms with Crippen LogP contribution in [0.4, 0.5) is 15.8 Å². The molecule has 0 bridgehead atoms. The van der Waals surface area contributed by atoms with Gasteiger partial charge in [0.15, 0.2) is 5.69 Å². The van der Waals surface area contributed by atoms with Crippen molar-refractivity contribution in [3.8, 4) is 11.4 Å². The number of hydrogen-bond acceptors (Lipinski definition) is 4. The van der Waals surface area contributed by atoms with Crippen LogP contribution in [0.25, 0.3) is 5.69 Å². The Morgan fingerprint density at radius 1 is 0.875 bits per heavy atom. The number of amides is 2. The fraction of sp³-hybridized carbons (Fsp3) is 0.0417. The average Bonchev–Trinajstić information content (AvgIpc) is 3.30. The van der Waals surface area contributed by atoms with Crippen molar-refractivity contribution in [2.24, 2.45) is 0 Å². The number of halogens is 1. The van der Waals surface area contributed by atoms with Crippen LogP contribution in [-0.2, 0) is 0 Å². The topological polar surface area (TPSA) is 85.3 Å². The maximum atomic E-state index is 13.9. The molecule has 0 aliphatic carbocycles. The van der Waals surface area contributed by atoms with E-state index in [0.29, 0.717) is 22.7 Å². The summed E-state index contributed by atoms with van der Waals surface area (Å²) < 4.78 is 20.4. The van der Waals surface area contributed by atoms with Gasteiger partial charge < -0.3 is 15.4 Å². The second-order valence-corrected chi connectivity index (χ2v) is 6.78. The van der Waals surface area contributed by atoms with Crippen LogP contribution in [0, 0.1) is 5.82 Å². The molecule has 2 N–H and O–H groups in total. The predicted molar refractivity (Wildman–Crippen MR) is 119 cm³/mol. The maximum Gasteiger partial charge on any atom is 0.276 e. The lowest BCUT2D eigenvalue weighted by atomic mass is 10.2. The Hall–Kier alpha value is -4.46. The number of benzene rings is 3. The Kier molecular flexibility index (Phi) is 5.94. The number of aromatic nitrogens is 2. The molecule has 0 aliphatic rings. The lowest BCUT2D eigenvalue weighted by Crippen LogP contribution is -2.14. The van der Waals surface area contributed by atoms with Crippen LogP contribution in [-0.4, -0.2) is 28.7 Å². The molecule has 8 heteroatoms. The molecule has 4 rings (SSSR count). The highest BCUT2D eigenvalue weighted by Gasteiger charge is 2.13. The first kappa shape index (κ1) is 20.8. The minimum atomic E-state index is -0.452. The fourth-order valence-electron chi connectivity index (χ4n) is 3.06. The summed E-state index contributed by atoms with van der Waals surface area (Å²) in [5, 5.41) is 9.64. The first-order chi connectivity index (χ1) is 15.5. The number of carbonyl (C=O) groups excluding carboxylic acids is 2. The van der Waals surface area contributed by atoms with Gasteiger partial charge >= 0.3 is 0 Å². The largest absolute Gasteiger partial charge is 0.495 e. The Morgan fingerprint density at radius 3 is 2.34 bits per heavy atom. The molecule has 2 amide bonds. The fourth-order valence-corrected chi connectivity index (χ4v) is 3.06. The zero-order chi connectivity index (χ0) is 22.5. The third kappa shape index (κ3) is 4.49. The lowest BCUT2D eigenvalue weighted by Gasteiger charge is -2.10. The summed E-state index contributed by atoms with van der Waals surface area (Å²) in [5.74, 6) is -0.647. The van der Waals surface area contributed by atoms with E-state index < -0.39 is 11.7 Å². The summed E-state index contributed by atoms with van der Waals surface area (Å²) in [6, 6.07) is 21.2. The third-order valence-electron chi connectivity index (χ3n) is 4.68. The van der Waals surface area contributed by atoms with Gasteiger partial charge in [-0.15, -0.1) is 0 Å². The Balaban J connectivity index is 1.42. The van der Waals surface area contributed by atoms with Crippen molar-refractivity contribution >= 4 is 23.2 Å². The molecule has 1 aromatic heterocycles. The predicted octanol–water partition coefficient (Wildman–Crippen LogP) is 4.52. The number of hydrogen-bond donors (Lipinski definition) is 2. The molecule has 0 radical (unpaired) electrons. The second kappa shape index (κ2) is 9.13. The number of ether oxygens (including phenoxy) is 1. The van der Waals surface area contributed by atoms with Crippen LogP contribution in [0.5, 0.6) is 5.75 Å². The molecule has 7 nitrogen and oxygen atoms in total. The smallest absolute Gasteiger partial charge is 0.276 e. The van der Waals surface area contributed by atoms with Crippen molar-refractivity contribution in [2.75, 3.05) is 17.7 Å². The SMILES string of the molecule is COc1ccccc1NC(=O)c1ccc(NC(=O)c2ccn(-c3ccccc3F)n2)cc1. The lowest BCUT2D eigenvalue weighted by molar-refractivity contribution is 0.101. The molecule has 0 spiro atoms. The molecule has 0 fully saturated rings. The summed E-state index contributed by atoms with van der Waals surface area (Å²) in [6.45, 7) is 0. The van der Waals surface area contributed by atoms with Gasteiger partial charge in [0.05, 0.1) is 12.8 Å². The van der Waals surface area contributed by atoms with Crippen LogP contribution >= 0.6 is 0 Å². The highest BCUT2D eigenvalue weighted by atomic mass is 19.1. The molecule has 0 unspecified atom stereocenters. The zero-order valence-electron chi connectivity index (χ0n) is 17.1. The summed E-state index contributed by atoms with van der Waals surface area (Å²) in [7, 11) is 1.53. The van der Waals surface area contributed by atoms with Gasteiger partial charge in [0.1, 0.15) is 17.3 Å². The number of para-hydroxylation sites is 3. The quantitative estimate of drug-likeness (QED) is 0.471. The number of carbonyl (C=O) groups is 2. The minimum absolute atomic E-state index is 0.131. The normalized spacial score (nSPS) is 10.4. The van der Waals surface area contributed by atoms with E-state index in [0.717, 1.165) is 0 Å². The molecule has 3 aromatic carbocycles. The first-order valence-electron chi connectivity index (χ1n) is 9.71. The zero-order valence-corrected chi connectivity index (χ0v) is 17.1. The molecule has 32 heavy (non-hydrogen) atoms. The molecule has 4 aromatic rings. The van der Waals surface area contributed by atoms with Crippen molar-refractivity contribution < 1.29 is 18.7 Å². The van der Waals surface area contributed by atoms with Crippen molar-refractivity contribution in [3.63, 3.8) is 0 Å². The summed E-state index contributed by atoms with van der Waals surface area (Å²) in [5.41, 5.74) is 1.84. The van der Waals surface area contributed by atoms with Gasteiger partial charge in [0.25, 0.3) is 11.8 Å². The highest BCUT2D eigenvalue weighted by Crippen LogP contribution is 2.24. The Labute approximate surface area is 183 Å². The molecule has 0 saturated carbocycles. The number of nitrogens with one attached hydrogen (secondary N) is 2. The van der Waals surface area contributed by atoms with E-state index in [1.807, 2.05) is 6.07 Å². The third-order valence-corrected chi connectivity index (χ3v) is 4.68. The van der Waals surface area contributed by atoms with E-state index in [2.05, 4.69) is 15.7 Å². The van der Waals surface area contributed by atoms with Gasteiger partial charge in [0, 0.05) is 17.4 Å².